The van der Waals surface area contributed by atoms with E-state index in [1.807, 2.05) is 6.21 Å². The molecule has 1 atom stereocenters. The highest BCUT2D eigenvalue weighted by Gasteiger charge is 1.96. The van der Waals surface area contributed by atoms with Crippen molar-refractivity contribution >= 4 is 17.8 Å². The molecule has 0 saturated carbocycles. The van der Waals surface area contributed by atoms with Gasteiger partial charge < -0.3 is 5.11 Å². The SMILES string of the molecule is CCCCCC=NCC(O)CCl. The lowest BCUT2D eigenvalue weighted by molar-refractivity contribution is 0.207. The van der Waals surface area contributed by atoms with Crippen LogP contribution in [0.3, 0.4) is 0 Å². The fourth-order valence-electron chi connectivity index (χ4n) is 0.822. The maximum Gasteiger partial charge on any atom is 0.0870 e. The molecule has 0 aromatic heterocycles. The molecule has 0 amide bonds. The lowest BCUT2D eigenvalue weighted by Gasteiger charge is -1.99. The minimum absolute atomic E-state index is 0.270. The zero-order valence-electron chi connectivity index (χ0n) is 7.67. The average molecular weight is 192 g/mol. The van der Waals surface area contributed by atoms with E-state index in [1.165, 1.54) is 19.3 Å². The number of aliphatic hydroxyl groups is 1. The van der Waals surface area contributed by atoms with Crippen molar-refractivity contribution in [2.75, 3.05) is 12.4 Å². The monoisotopic (exact) mass is 191 g/mol. The molecule has 0 rings (SSSR count). The molecule has 0 spiro atoms. The number of unbranched alkanes of at least 4 members (excludes halogenated alkanes) is 3. The van der Waals surface area contributed by atoms with E-state index in [1.54, 1.807) is 0 Å². The highest BCUT2D eigenvalue weighted by molar-refractivity contribution is 6.18. The topological polar surface area (TPSA) is 32.6 Å². The molecule has 0 radical (unpaired) electrons. The number of rotatable bonds is 7. The molecule has 0 aliphatic carbocycles. The largest absolute Gasteiger partial charge is 0.390 e. The molecule has 12 heavy (non-hydrogen) atoms. The van der Waals surface area contributed by atoms with Gasteiger partial charge in [0, 0.05) is 0 Å². The van der Waals surface area contributed by atoms with Gasteiger partial charge in [-0.25, -0.2) is 0 Å². The van der Waals surface area contributed by atoms with E-state index in [-0.39, 0.29) is 5.88 Å². The highest BCUT2D eigenvalue weighted by atomic mass is 35.5. The van der Waals surface area contributed by atoms with E-state index in [0.29, 0.717) is 6.54 Å². The van der Waals surface area contributed by atoms with E-state index in [0.717, 1.165) is 6.42 Å². The summed E-state index contributed by atoms with van der Waals surface area (Å²) in [4.78, 5) is 4.05. The second kappa shape index (κ2) is 9.01. The third kappa shape index (κ3) is 8.02. The maximum absolute atomic E-state index is 9.01. The van der Waals surface area contributed by atoms with Crippen molar-refractivity contribution in [2.24, 2.45) is 4.99 Å². The van der Waals surface area contributed by atoms with E-state index in [4.69, 9.17) is 16.7 Å². The van der Waals surface area contributed by atoms with Gasteiger partial charge >= 0.3 is 0 Å². The molecule has 0 aromatic carbocycles. The van der Waals surface area contributed by atoms with Gasteiger partial charge in [0.15, 0.2) is 0 Å². The van der Waals surface area contributed by atoms with Gasteiger partial charge in [-0.05, 0) is 19.1 Å². The number of hydrogen-bond acceptors (Lipinski definition) is 2. The smallest absolute Gasteiger partial charge is 0.0870 e. The van der Waals surface area contributed by atoms with Crippen LogP contribution in [-0.4, -0.2) is 29.8 Å². The van der Waals surface area contributed by atoms with Crippen molar-refractivity contribution in [3.8, 4) is 0 Å². The van der Waals surface area contributed by atoms with Gasteiger partial charge in [-0.3, -0.25) is 4.99 Å². The first-order chi connectivity index (χ1) is 5.81. The molecule has 0 saturated heterocycles. The summed E-state index contributed by atoms with van der Waals surface area (Å²) in [6, 6.07) is 0. The van der Waals surface area contributed by atoms with Crippen LogP contribution in [0.1, 0.15) is 32.6 Å². The summed E-state index contributed by atoms with van der Waals surface area (Å²) >= 11 is 5.39. The summed E-state index contributed by atoms with van der Waals surface area (Å²) in [6.45, 7) is 2.62. The first-order valence-electron chi connectivity index (χ1n) is 4.53. The van der Waals surface area contributed by atoms with Crippen molar-refractivity contribution in [1.29, 1.82) is 0 Å². The number of aliphatic hydroxyl groups excluding tert-OH is 1. The Morgan fingerprint density at radius 2 is 2.25 bits per heavy atom. The van der Waals surface area contributed by atoms with Gasteiger partial charge in [0.25, 0.3) is 0 Å². The van der Waals surface area contributed by atoms with Crippen LogP contribution in [0.25, 0.3) is 0 Å². The van der Waals surface area contributed by atoms with Gasteiger partial charge in [0.1, 0.15) is 0 Å². The Bertz CT molecular complexity index is 117. The highest BCUT2D eigenvalue weighted by Crippen LogP contribution is 1.96. The third-order valence-corrected chi connectivity index (χ3v) is 1.92. The van der Waals surface area contributed by atoms with Crippen LogP contribution < -0.4 is 0 Å². The first kappa shape index (κ1) is 11.9. The molecule has 0 bridgehead atoms. The molecule has 2 nitrogen and oxygen atoms in total. The Kier molecular flexibility index (Phi) is 8.95. The van der Waals surface area contributed by atoms with Gasteiger partial charge in [-0.2, -0.15) is 0 Å². The fraction of sp³-hybridized carbons (Fsp3) is 0.889. The maximum atomic E-state index is 9.01. The van der Waals surface area contributed by atoms with Gasteiger partial charge in [0.2, 0.25) is 0 Å². The van der Waals surface area contributed by atoms with E-state index >= 15 is 0 Å². The van der Waals surface area contributed by atoms with Crippen molar-refractivity contribution in [2.45, 2.75) is 38.7 Å². The van der Waals surface area contributed by atoms with Crippen LogP contribution >= 0.6 is 11.6 Å². The van der Waals surface area contributed by atoms with Crippen LogP contribution in [0.15, 0.2) is 4.99 Å². The Balaban J connectivity index is 3.13. The number of hydrogen-bond donors (Lipinski definition) is 1. The normalized spacial score (nSPS) is 13.9. The summed E-state index contributed by atoms with van der Waals surface area (Å²) in [7, 11) is 0. The number of nitrogens with zero attached hydrogens (tertiary/aromatic N) is 1. The van der Waals surface area contributed by atoms with Crippen LogP contribution in [0.2, 0.25) is 0 Å². The van der Waals surface area contributed by atoms with Crippen molar-refractivity contribution in [3.05, 3.63) is 0 Å². The Morgan fingerprint density at radius 1 is 1.50 bits per heavy atom. The molecule has 3 heteroatoms. The number of alkyl halides is 1. The summed E-state index contributed by atoms with van der Waals surface area (Å²) < 4.78 is 0. The summed E-state index contributed by atoms with van der Waals surface area (Å²) in [5.74, 6) is 0.270. The van der Waals surface area contributed by atoms with E-state index in [9.17, 15) is 0 Å². The molecule has 0 aromatic rings. The van der Waals surface area contributed by atoms with E-state index in [2.05, 4.69) is 11.9 Å². The molecular weight excluding hydrogens is 174 g/mol. The van der Waals surface area contributed by atoms with Gasteiger partial charge in [-0.1, -0.05) is 19.8 Å². The Morgan fingerprint density at radius 3 is 2.83 bits per heavy atom. The average Bonchev–Trinajstić information content (AvgIpc) is 2.10. The van der Waals surface area contributed by atoms with Crippen LogP contribution in [-0.2, 0) is 0 Å². The van der Waals surface area contributed by atoms with Crippen LogP contribution in [0.4, 0.5) is 0 Å². The molecule has 0 aliphatic heterocycles. The Hall–Kier alpha value is -0.0800. The summed E-state index contributed by atoms with van der Waals surface area (Å²) in [5, 5.41) is 9.01. The quantitative estimate of drug-likeness (QED) is 0.374. The first-order valence-corrected chi connectivity index (χ1v) is 5.07. The van der Waals surface area contributed by atoms with E-state index < -0.39 is 6.10 Å². The lowest BCUT2D eigenvalue weighted by Crippen LogP contribution is -2.12. The molecule has 1 N–H and O–H groups in total. The fourth-order valence-corrected chi connectivity index (χ4v) is 0.920. The molecule has 0 aliphatic rings. The zero-order valence-corrected chi connectivity index (χ0v) is 8.43. The predicted octanol–water partition coefficient (Wildman–Crippen LogP) is 2.24. The van der Waals surface area contributed by atoms with Crippen LogP contribution in [0, 0.1) is 0 Å². The second-order valence-corrected chi connectivity index (χ2v) is 3.16. The Labute approximate surface area is 79.7 Å². The van der Waals surface area contributed by atoms with Crippen molar-refractivity contribution in [3.63, 3.8) is 0 Å². The number of halogens is 1. The predicted molar refractivity (Wildman–Crippen MR) is 54.2 cm³/mol. The summed E-state index contributed by atoms with van der Waals surface area (Å²) in [6.07, 6.45) is 6.10. The number of aliphatic imine (C=N–C) groups is 1. The minimum Gasteiger partial charge on any atom is -0.390 e. The molecule has 1 unspecified atom stereocenters. The van der Waals surface area contributed by atoms with Crippen LogP contribution in [0.5, 0.6) is 0 Å². The molecule has 0 fully saturated rings. The van der Waals surface area contributed by atoms with Gasteiger partial charge in [0.05, 0.1) is 18.5 Å². The minimum atomic E-state index is -0.478. The zero-order chi connectivity index (χ0) is 9.23. The molecule has 72 valence electrons. The van der Waals surface area contributed by atoms with Crippen molar-refractivity contribution < 1.29 is 5.11 Å². The van der Waals surface area contributed by atoms with Crippen molar-refractivity contribution in [1.82, 2.24) is 0 Å². The summed E-state index contributed by atoms with van der Waals surface area (Å²) in [5.41, 5.74) is 0. The molecular formula is C9H18ClNO. The lowest BCUT2D eigenvalue weighted by atomic mass is 10.2. The van der Waals surface area contributed by atoms with Gasteiger partial charge in [-0.15, -0.1) is 11.6 Å². The third-order valence-electron chi connectivity index (χ3n) is 1.56. The molecule has 0 heterocycles. The second-order valence-electron chi connectivity index (χ2n) is 2.85. The standard InChI is InChI=1S/C9H18ClNO/c1-2-3-4-5-6-11-8-9(12)7-10/h6,9,12H,2-5,7-8H2,1H3.